The molecular formula is C14H21NO5S2. The smallest absolute Gasteiger partial charge is 0.243 e. The van der Waals surface area contributed by atoms with Crippen molar-refractivity contribution in [1.29, 1.82) is 0 Å². The number of ether oxygens (including phenoxy) is 1. The molecule has 2 rings (SSSR count). The summed E-state index contributed by atoms with van der Waals surface area (Å²) in [4.78, 5) is 0.158. The first kappa shape index (κ1) is 17.2. The van der Waals surface area contributed by atoms with Gasteiger partial charge < -0.3 is 4.74 Å². The highest BCUT2D eigenvalue weighted by Gasteiger charge is 2.38. The summed E-state index contributed by atoms with van der Waals surface area (Å²) in [6, 6.07) is 5.67. The van der Waals surface area contributed by atoms with Crippen molar-refractivity contribution >= 4 is 19.9 Å². The van der Waals surface area contributed by atoms with E-state index in [1.54, 1.807) is 12.1 Å². The van der Waals surface area contributed by atoms with E-state index in [9.17, 15) is 16.8 Å². The van der Waals surface area contributed by atoms with Crippen LogP contribution in [0.5, 0.6) is 5.75 Å². The minimum atomic E-state index is -3.71. The predicted molar refractivity (Wildman–Crippen MR) is 84.2 cm³/mol. The second kappa shape index (κ2) is 6.55. The number of sulfonamides is 1. The molecule has 1 saturated heterocycles. The Kier molecular flexibility index (Phi) is 5.14. The third-order valence-electron chi connectivity index (χ3n) is 3.73. The van der Waals surface area contributed by atoms with Crippen molar-refractivity contribution in [2.75, 3.05) is 25.2 Å². The molecule has 1 atom stereocenters. The van der Waals surface area contributed by atoms with Gasteiger partial charge in [0, 0.05) is 12.6 Å². The van der Waals surface area contributed by atoms with Gasteiger partial charge in [0.05, 0.1) is 23.5 Å². The van der Waals surface area contributed by atoms with Gasteiger partial charge in [-0.05, 0) is 37.1 Å². The number of sulfone groups is 1. The molecule has 1 aliphatic rings. The van der Waals surface area contributed by atoms with Crippen molar-refractivity contribution in [2.24, 2.45) is 0 Å². The number of hydrogen-bond acceptors (Lipinski definition) is 5. The largest absolute Gasteiger partial charge is 0.497 e. The summed E-state index contributed by atoms with van der Waals surface area (Å²) >= 11 is 0. The highest BCUT2D eigenvalue weighted by molar-refractivity contribution is 7.92. The second-order valence-electron chi connectivity index (χ2n) is 5.35. The molecule has 22 heavy (non-hydrogen) atoms. The number of methoxy groups -OCH3 is 1. The summed E-state index contributed by atoms with van der Waals surface area (Å²) in [5.41, 5.74) is 0. The molecule has 1 aromatic rings. The van der Waals surface area contributed by atoms with E-state index in [4.69, 9.17) is 4.74 Å². The molecule has 6 nitrogen and oxygen atoms in total. The van der Waals surface area contributed by atoms with Crippen LogP contribution in [-0.4, -0.2) is 52.3 Å². The fourth-order valence-corrected chi connectivity index (χ4v) is 6.18. The molecule has 0 spiro atoms. The monoisotopic (exact) mass is 347 g/mol. The lowest BCUT2D eigenvalue weighted by molar-refractivity contribution is 0.340. The van der Waals surface area contributed by atoms with Gasteiger partial charge in [0.25, 0.3) is 0 Å². The maximum absolute atomic E-state index is 12.8. The normalized spacial score (nSPS) is 21.1. The maximum Gasteiger partial charge on any atom is 0.243 e. The van der Waals surface area contributed by atoms with Gasteiger partial charge in [-0.1, -0.05) is 6.92 Å². The molecule has 0 aliphatic carbocycles. The van der Waals surface area contributed by atoms with Crippen LogP contribution >= 0.6 is 0 Å². The lowest BCUT2D eigenvalue weighted by Crippen LogP contribution is -2.41. The molecule has 1 heterocycles. The summed E-state index contributed by atoms with van der Waals surface area (Å²) in [5, 5.41) is 0. The molecule has 0 aromatic heterocycles. The van der Waals surface area contributed by atoms with Gasteiger partial charge in [0.1, 0.15) is 5.75 Å². The van der Waals surface area contributed by atoms with Crippen LogP contribution in [0.15, 0.2) is 29.2 Å². The summed E-state index contributed by atoms with van der Waals surface area (Å²) in [6.45, 7) is 2.19. The highest BCUT2D eigenvalue weighted by atomic mass is 32.2. The zero-order valence-corrected chi connectivity index (χ0v) is 14.4. The molecule has 1 unspecified atom stereocenters. The van der Waals surface area contributed by atoms with E-state index in [0.717, 1.165) is 0 Å². The van der Waals surface area contributed by atoms with E-state index >= 15 is 0 Å². The van der Waals surface area contributed by atoms with Crippen molar-refractivity contribution < 1.29 is 21.6 Å². The summed E-state index contributed by atoms with van der Waals surface area (Å²) < 4.78 is 55.3. The van der Waals surface area contributed by atoms with Gasteiger partial charge in [-0.2, -0.15) is 4.31 Å². The molecule has 8 heteroatoms. The van der Waals surface area contributed by atoms with Crippen LogP contribution in [0.25, 0.3) is 0 Å². The zero-order chi connectivity index (χ0) is 16.4. The van der Waals surface area contributed by atoms with Gasteiger partial charge in [0.15, 0.2) is 9.84 Å². The first-order valence-corrected chi connectivity index (χ1v) is 10.4. The van der Waals surface area contributed by atoms with Crippen molar-refractivity contribution in [2.45, 2.75) is 30.7 Å². The number of hydrogen-bond donors (Lipinski definition) is 0. The van der Waals surface area contributed by atoms with Crippen LogP contribution in [0.3, 0.4) is 0 Å². The van der Waals surface area contributed by atoms with Crippen molar-refractivity contribution in [3.8, 4) is 5.75 Å². The van der Waals surface area contributed by atoms with Crippen LogP contribution < -0.4 is 4.74 Å². The number of nitrogens with zero attached hydrogens (tertiary/aromatic N) is 1. The Morgan fingerprint density at radius 3 is 2.36 bits per heavy atom. The SMILES string of the molecule is CCCN(C1CCS(=O)(=O)C1)S(=O)(=O)c1ccc(OC)cc1. The van der Waals surface area contributed by atoms with E-state index in [-0.39, 0.29) is 16.4 Å². The molecular weight excluding hydrogens is 326 g/mol. The second-order valence-corrected chi connectivity index (χ2v) is 9.47. The molecule has 0 N–H and O–H groups in total. The van der Waals surface area contributed by atoms with Gasteiger partial charge >= 0.3 is 0 Å². The topological polar surface area (TPSA) is 80.8 Å². The van der Waals surface area contributed by atoms with Crippen LogP contribution in [0.1, 0.15) is 19.8 Å². The zero-order valence-electron chi connectivity index (χ0n) is 12.7. The maximum atomic E-state index is 12.8. The first-order valence-electron chi connectivity index (χ1n) is 7.16. The summed E-state index contributed by atoms with van der Waals surface area (Å²) in [7, 11) is -5.34. The van der Waals surface area contributed by atoms with Crippen molar-refractivity contribution in [1.82, 2.24) is 4.31 Å². The Balaban J connectivity index is 2.33. The molecule has 0 amide bonds. The Labute approximate surface area is 132 Å². The number of rotatable bonds is 6. The minimum absolute atomic E-state index is 0.0516. The molecule has 0 radical (unpaired) electrons. The van der Waals surface area contributed by atoms with Crippen LogP contribution in [-0.2, 0) is 19.9 Å². The van der Waals surface area contributed by atoms with Crippen LogP contribution in [0.4, 0.5) is 0 Å². The van der Waals surface area contributed by atoms with Gasteiger partial charge in [-0.3, -0.25) is 0 Å². The molecule has 124 valence electrons. The lowest BCUT2D eigenvalue weighted by Gasteiger charge is -2.27. The lowest BCUT2D eigenvalue weighted by atomic mass is 10.2. The Bertz CT molecular complexity index is 710. The van der Waals surface area contributed by atoms with E-state index in [1.807, 2.05) is 6.92 Å². The van der Waals surface area contributed by atoms with Crippen molar-refractivity contribution in [3.05, 3.63) is 24.3 Å². The van der Waals surface area contributed by atoms with E-state index in [0.29, 0.717) is 25.1 Å². The van der Waals surface area contributed by atoms with Gasteiger partial charge in [0.2, 0.25) is 10.0 Å². The van der Waals surface area contributed by atoms with Gasteiger partial charge in [-0.15, -0.1) is 0 Å². The fourth-order valence-electron chi connectivity index (χ4n) is 2.60. The quantitative estimate of drug-likeness (QED) is 0.774. The Morgan fingerprint density at radius 2 is 1.91 bits per heavy atom. The highest BCUT2D eigenvalue weighted by Crippen LogP contribution is 2.26. The summed E-state index contributed by atoms with van der Waals surface area (Å²) in [6.07, 6.45) is 0.990. The van der Waals surface area contributed by atoms with Crippen LogP contribution in [0, 0.1) is 0 Å². The third kappa shape index (κ3) is 3.61. The molecule has 1 aromatic carbocycles. The molecule has 0 bridgehead atoms. The Hall–Kier alpha value is -1.12. The van der Waals surface area contributed by atoms with Crippen LogP contribution in [0.2, 0.25) is 0 Å². The Morgan fingerprint density at radius 1 is 1.27 bits per heavy atom. The summed E-state index contributed by atoms with van der Waals surface area (Å²) in [5.74, 6) is 0.530. The number of benzene rings is 1. The average molecular weight is 347 g/mol. The van der Waals surface area contributed by atoms with E-state index < -0.39 is 25.9 Å². The third-order valence-corrected chi connectivity index (χ3v) is 7.44. The van der Waals surface area contributed by atoms with E-state index in [1.165, 1.54) is 23.5 Å². The molecule has 0 saturated carbocycles. The van der Waals surface area contributed by atoms with E-state index in [2.05, 4.69) is 0 Å². The van der Waals surface area contributed by atoms with Crippen molar-refractivity contribution in [3.63, 3.8) is 0 Å². The fraction of sp³-hybridized carbons (Fsp3) is 0.571. The minimum Gasteiger partial charge on any atom is -0.497 e. The average Bonchev–Trinajstić information content (AvgIpc) is 2.84. The van der Waals surface area contributed by atoms with Gasteiger partial charge in [-0.25, -0.2) is 16.8 Å². The predicted octanol–water partition coefficient (Wildman–Crippen LogP) is 1.28. The molecule has 1 aliphatic heterocycles. The standard InChI is InChI=1S/C14H21NO5S2/c1-3-9-15(12-8-10-21(16,17)11-12)22(18,19)14-6-4-13(20-2)5-7-14/h4-7,12H,3,8-11H2,1-2H3. The first-order chi connectivity index (χ1) is 10.3. The molecule has 1 fully saturated rings.